The Balaban J connectivity index is 2.83. The van der Waals surface area contributed by atoms with Crippen molar-refractivity contribution in [1.82, 2.24) is 9.78 Å². The number of aromatic nitrogens is 2. The Morgan fingerprint density at radius 1 is 1.62 bits per heavy atom. The Bertz CT molecular complexity index is 406. The zero-order valence-electron chi connectivity index (χ0n) is 9.40. The number of nitrogens with zero attached hydrogens (tertiary/aromatic N) is 2. The lowest BCUT2D eigenvalue weighted by Crippen LogP contribution is -2.25. The smallest absolute Gasteiger partial charge is 0.283 e. The highest BCUT2D eigenvalue weighted by Gasteiger charge is 2.08. The predicted molar refractivity (Wildman–Crippen MR) is 66.7 cm³/mol. The minimum absolute atomic E-state index is 0.168. The molecule has 1 aromatic heterocycles. The van der Waals surface area contributed by atoms with Crippen LogP contribution in [0.1, 0.15) is 20.3 Å². The Labute approximate surface area is 103 Å². The number of hydrogen-bond donors (Lipinski definition) is 2. The molecule has 0 spiro atoms. The summed E-state index contributed by atoms with van der Waals surface area (Å²) in [6, 6.07) is 0. The molecule has 90 valence electrons. The van der Waals surface area contributed by atoms with E-state index in [0.717, 1.165) is 0 Å². The summed E-state index contributed by atoms with van der Waals surface area (Å²) in [6.45, 7) is 4.70. The van der Waals surface area contributed by atoms with Gasteiger partial charge in [-0.1, -0.05) is 6.92 Å². The van der Waals surface area contributed by atoms with Gasteiger partial charge in [-0.25, -0.2) is 4.68 Å². The van der Waals surface area contributed by atoms with Crippen LogP contribution in [-0.4, -0.2) is 27.5 Å². The van der Waals surface area contributed by atoms with Gasteiger partial charge in [-0.2, -0.15) is 5.10 Å². The number of rotatable bonds is 5. The Kier molecular flexibility index (Phi) is 4.95. The van der Waals surface area contributed by atoms with Crippen LogP contribution in [-0.2, 0) is 6.54 Å². The molecule has 16 heavy (non-hydrogen) atoms. The lowest BCUT2D eigenvalue weighted by Gasteiger charge is -2.12. The van der Waals surface area contributed by atoms with E-state index >= 15 is 0 Å². The standard InChI is InChI=1S/C10H16BrN3O2/c1-3-7(15)5-12-8-6-13-14(4-2)10(16)9(8)11/h6-7,12,15H,3-5H2,1-2H3. The first-order valence-corrected chi connectivity index (χ1v) is 6.07. The van der Waals surface area contributed by atoms with Gasteiger partial charge < -0.3 is 10.4 Å². The van der Waals surface area contributed by atoms with E-state index in [1.54, 1.807) is 6.20 Å². The summed E-state index contributed by atoms with van der Waals surface area (Å²) >= 11 is 3.23. The van der Waals surface area contributed by atoms with Crippen LogP contribution in [0.4, 0.5) is 5.69 Å². The van der Waals surface area contributed by atoms with Crippen LogP contribution < -0.4 is 10.9 Å². The molecule has 1 unspecified atom stereocenters. The van der Waals surface area contributed by atoms with E-state index in [1.165, 1.54) is 4.68 Å². The van der Waals surface area contributed by atoms with Crippen LogP contribution in [0.3, 0.4) is 0 Å². The van der Waals surface area contributed by atoms with Gasteiger partial charge in [-0.15, -0.1) is 0 Å². The third kappa shape index (κ3) is 3.05. The molecule has 0 radical (unpaired) electrons. The molecule has 1 aromatic rings. The Hall–Kier alpha value is -0.880. The molecule has 0 amide bonds. The van der Waals surface area contributed by atoms with Gasteiger partial charge in [0.15, 0.2) is 0 Å². The number of anilines is 1. The third-order valence-electron chi connectivity index (χ3n) is 2.28. The summed E-state index contributed by atoms with van der Waals surface area (Å²) in [4.78, 5) is 11.7. The molecule has 0 fully saturated rings. The molecular formula is C10H16BrN3O2. The van der Waals surface area contributed by atoms with Crippen molar-refractivity contribution in [3.05, 3.63) is 21.0 Å². The number of aliphatic hydroxyl groups excluding tert-OH is 1. The summed E-state index contributed by atoms with van der Waals surface area (Å²) < 4.78 is 1.82. The highest BCUT2D eigenvalue weighted by molar-refractivity contribution is 9.10. The van der Waals surface area contributed by atoms with Crippen LogP contribution in [0, 0.1) is 0 Å². The van der Waals surface area contributed by atoms with Crippen molar-refractivity contribution in [3.8, 4) is 0 Å². The first kappa shape index (κ1) is 13.2. The molecule has 0 saturated heterocycles. The SMILES string of the molecule is CCC(O)CNc1cnn(CC)c(=O)c1Br. The van der Waals surface area contributed by atoms with Gasteiger partial charge in [-0.3, -0.25) is 4.79 Å². The molecule has 0 bridgehead atoms. The van der Waals surface area contributed by atoms with E-state index in [4.69, 9.17) is 0 Å². The van der Waals surface area contributed by atoms with Gasteiger partial charge in [0.2, 0.25) is 0 Å². The van der Waals surface area contributed by atoms with Gasteiger partial charge in [0.25, 0.3) is 5.56 Å². The van der Waals surface area contributed by atoms with Gasteiger partial charge in [0, 0.05) is 13.1 Å². The fourth-order valence-corrected chi connectivity index (χ4v) is 1.63. The lowest BCUT2D eigenvalue weighted by atomic mass is 10.3. The number of hydrogen-bond acceptors (Lipinski definition) is 4. The van der Waals surface area contributed by atoms with E-state index in [2.05, 4.69) is 26.3 Å². The molecule has 1 heterocycles. The predicted octanol–water partition coefficient (Wildman–Crippen LogP) is 1.21. The first-order chi connectivity index (χ1) is 7.60. The minimum atomic E-state index is -0.416. The summed E-state index contributed by atoms with van der Waals surface area (Å²) in [5, 5.41) is 16.4. The van der Waals surface area contributed by atoms with Crippen molar-refractivity contribution in [2.45, 2.75) is 32.9 Å². The maximum Gasteiger partial charge on any atom is 0.283 e. The van der Waals surface area contributed by atoms with Crippen molar-refractivity contribution in [1.29, 1.82) is 0 Å². The quantitative estimate of drug-likeness (QED) is 0.855. The van der Waals surface area contributed by atoms with Crippen LogP contribution in [0.15, 0.2) is 15.5 Å². The van der Waals surface area contributed by atoms with Gasteiger partial charge in [-0.05, 0) is 29.3 Å². The molecule has 0 aliphatic heterocycles. The number of nitrogens with one attached hydrogen (secondary N) is 1. The number of aryl methyl sites for hydroxylation is 1. The summed E-state index contributed by atoms with van der Waals surface area (Å²) in [6.07, 6.45) is 1.84. The molecule has 1 rings (SSSR count). The van der Waals surface area contributed by atoms with Crippen molar-refractivity contribution >= 4 is 21.6 Å². The maximum absolute atomic E-state index is 11.7. The fraction of sp³-hybridized carbons (Fsp3) is 0.600. The van der Waals surface area contributed by atoms with E-state index in [9.17, 15) is 9.90 Å². The Morgan fingerprint density at radius 3 is 2.88 bits per heavy atom. The van der Waals surface area contributed by atoms with Crippen molar-refractivity contribution in [3.63, 3.8) is 0 Å². The van der Waals surface area contributed by atoms with E-state index in [0.29, 0.717) is 29.7 Å². The van der Waals surface area contributed by atoms with E-state index < -0.39 is 6.10 Å². The second-order valence-electron chi connectivity index (χ2n) is 3.44. The minimum Gasteiger partial charge on any atom is -0.391 e. The van der Waals surface area contributed by atoms with Crippen LogP contribution >= 0.6 is 15.9 Å². The maximum atomic E-state index is 11.7. The molecule has 1 atom stereocenters. The molecule has 5 nitrogen and oxygen atoms in total. The van der Waals surface area contributed by atoms with Gasteiger partial charge in [0.05, 0.1) is 18.0 Å². The molecule has 0 saturated carbocycles. The first-order valence-electron chi connectivity index (χ1n) is 5.27. The molecule has 2 N–H and O–H groups in total. The molecule has 0 aliphatic carbocycles. The topological polar surface area (TPSA) is 67.2 Å². The largest absolute Gasteiger partial charge is 0.391 e. The molecule has 6 heteroatoms. The van der Waals surface area contributed by atoms with E-state index in [-0.39, 0.29) is 5.56 Å². The summed E-state index contributed by atoms with van der Waals surface area (Å²) in [5.74, 6) is 0. The second kappa shape index (κ2) is 6.00. The normalized spacial score (nSPS) is 12.5. The number of halogens is 1. The van der Waals surface area contributed by atoms with Crippen LogP contribution in [0.5, 0.6) is 0 Å². The summed E-state index contributed by atoms with van der Waals surface area (Å²) in [7, 11) is 0. The Morgan fingerprint density at radius 2 is 2.31 bits per heavy atom. The van der Waals surface area contributed by atoms with Crippen molar-refractivity contribution in [2.24, 2.45) is 0 Å². The van der Waals surface area contributed by atoms with Crippen LogP contribution in [0.25, 0.3) is 0 Å². The lowest BCUT2D eigenvalue weighted by molar-refractivity contribution is 0.183. The molecule has 0 aromatic carbocycles. The highest BCUT2D eigenvalue weighted by atomic mass is 79.9. The molecule has 0 aliphatic rings. The zero-order valence-corrected chi connectivity index (χ0v) is 11.0. The van der Waals surface area contributed by atoms with Crippen LogP contribution in [0.2, 0.25) is 0 Å². The van der Waals surface area contributed by atoms with Gasteiger partial charge >= 0.3 is 0 Å². The summed E-state index contributed by atoms with van der Waals surface area (Å²) in [5.41, 5.74) is 0.445. The number of aliphatic hydroxyl groups is 1. The second-order valence-corrected chi connectivity index (χ2v) is 4.23. The fourth-order valence-electron chi connectivity index (χ4n) is 1.19. The van der Waals surface area contributed by atoms with Gasteiger partial charge in [0.1, 0.15) is 4.47 Å². The zero-order chi connectivity index (χ0) is 12.1. The third-order valence-corrected chi connectivity index (χ3v) is 3.05. The monoisotopic (exact) mass is 289 g/mol. The van der Waals surface area contributed by atoms with E-state index in [1.807, 2.05) is 13.8 Å². The average molecular weight is 290 g/mol. The average Bonchev–Trinajstić information content (AvgIpc) is 2.30. The van der Waals surface area contributed by atoms with Crippen molar-refractivity contribution in [2.75, 3.05) is 11.9 Å². The van der Waals surface area contributed by atoms with Crippen molar-refractivity contribution < 1.29 is 5.11 Å². The molecular weight excluding hydrogens is 274 g/mol. The highest BCUT2D eigenvalue weighted by Crippen LogP contribution is 2.15.